The molecule has 2 rings (SSSR count). The van der Waals surface area contributed by atoms with Crippen LogP contribution in [-0.2, 0) is 16.1 Å². The maximum Gasteiger partial charge on any atom is 0.342 e. The number of hydrogen-bond donors (Lipinski definition) is 2. The van der Waals surface area contributed by atoms with Crippen molar-refractivity contribution >= 4 is 23.5 Å². The lowest BCUT2D eigenvalue weighted by Crippen LogP contribution is -2.35. The molecule has 6 nitrogen and oxygen atoms in total. The van der Waals surface area contributed by atoms with Gasteiger partial charge in [0.1, 0.15) is 17.1 Å². The van der Waals surface area contributed by atoms with Crippen molar-refractivity contribution in [2.24, 2.45) is 0 Å². The number of phenols is 1. The number of carbonyl (C=O) groups excluding carboxylic acids is 2. The minimum absolute atomic E-state index is 0.0989. The van der Waals surface area contributed by atoms with E-state index in [1.165, 1.54) is 31.4 Å². The Labute approximate surface area is 131 Å². The molecule has 2 N–H and O–H groups in total. The Hall–Kier alpha value is -2.47. The third kappa shape index (κ3) is 4.02. The molecule has 0 fully saturated rings. The fourth-order valence-electron chi connectivity index (χ4n) is 1.68. The highest BCUT2D eigenvalue weighted by molar-refractivity contribution is 6.31. The van der Waals surface area contributed by atoms with Gasteiger partial charge in [-0.15, -0.1) is 0 Å². The van der Waals surface area contributed by atoms with Gasteiger partial charge in [0, 0.05) is 5.02 Å². The summed E-state index contributed by atoms with van der Waals surface area (Å²) in [6.45, 7) is 1.62. The van der Waals surface area contributed by atoms with Gasteiger partial charge in [-0.1, -0.05) is 11.6 Å². The molecule has 2 aromatic rings. The van der Waals surface area contributed by atoms with Crippen molar-refractivity contribution in [3.8, 4) is 5.75 Å². The van der Waals surface area contributed by atoms with E-state index in [4.69, 9.17) is 20.8 Å². The van der Waals surface area contributed by atoms with Gasteiger partial charge in [-0.05, 0) is 37.3 Å². The SMILES string of the molecule is C[C@H](OC(=O)c1cc(Cl)ccc1O)C(=O)NCc1ccco1. The number of amides is 1. The number of rotatable bonds is 5. The van der Waals surface area contributed by atoms with Crippen LogP contribution in [0.1, 0.15) is 23.0 Å². The largest absolute Gasteiger partial charge is 0.507 e. The van der Waals surface area contributed by atoms with Crippen LogP contribution in [0.3, 0.4) is 0 Å². The molecule has 0 radical (unpaired) electrons. The number of nitrogens with one attached hydrogen (secondary N) is 1. The lowest BCUT2D eigenvalue weighted by atomic mass is 10.2. The van der Waals surface area contributed by atoms with Gasteiger partial charge in [0.05, 0.1) is 12.8 Å². The molecule has 1 aromatic carbocycles. The quantitative estimate of drug-likeness (QED) is 0.825. The molecule has 0 aliphatic rings. The first-order valence-corrected chi connectivity index (χ1v) is 6.84. The molecule has 0 aliphatic heterocycles. The molecule has 22 heavy (non-hydrogen) atoms. The number of furan rings is 1. The molecule has 1 aromatic heterocycles. The number of benzene rings is 1. The number of halogens is 1. The number of carbonyl (C=O) groups is 2. The van der Waals surface area contributed by atoms with Crippen LogP contribution in [0.2, 0.25) is 5.02 Å². The van der Waals surface area contributed by atoms with Crippen molar-refractivity contribution < 1.29 is 23.8 Å². The van der Waals surface area contributed by atoms with Crippen molar-refractivity contribution in [1.82, 2.24) is 5.32 Å². The Balaban J connectivity index is 1.92. The van der Waals surface area contributed by atoms with Gasteiger partial charge in [-0.2, -0.15) is 0 Å². The Morgan fingerprint density at radius 3 is 2.86 bits per heavy atom. The van der Waals surface area contributed by atoms with Crippen LogP contribution in [-0.4, -0.2) is 23.1 Å². The monoisotopic (exact) mass is 323 g/mol. The summed E-state index contributed by atoms with van der Waals surface area (Å²) >= 11 is 5.76. The van der Waals surface area contributed by atoms with E-state index >= 15 is 0 Å². The summed E-state index contributed by atoms with van der Waals surface area (Å²) in [4.78, 5) is 23.8. The van der Waals surface area contributed by atoms with E-state index in [0.717, 1.165) is 0 Å². The molecule has 0 saturated carbocycles. The standard InChI is InChI=1S/C15H14ClNO5/c1-9(14(19)17-8-11-3-2-6-21-11)22-15(20)12-7-10(16)4-5-13(12)18/h2-7,9,18H,8H2,1H3,(H,17,19)/t9-/m0/s1. The summed E-state index contributed by atoms with van der Waals surface area (Å²) in [6.07, 6.45) is 0.466. The van der Waals surface area contributed by atoms with E-state index in [2.05, 4.69) is 5.32 Å². The van der Waals surface area contributed by atoms with Crippen LogP contribution in [0.15, 0.2) is 41.0 Å². The highest BCUT2D eigenvalue weighted by atomic mass is 35.5. The first-order chi connectivity index (χ1) is 10.5. The first-order valence-electron chi connectivity index (χ1n) is 6.47. The summed E-state index contributed by atoms with van der Waals surface area (Å²) in [5, 5.41) is 12.5. The molecule has 1 amide bonds. The van der Waals surface area contributed by atoms with Gasteiger partial charge in [0.15, 0.2) is 6.10 Å². The van der Waals surface area contributed by atoms with Crippen LogP contribution >= 0.6 is 11.6 Å². The van der Waals surface area contributed by atoms with Crippen LogP contribution < -0.4 is 5.32 Å². The molecule has 0 saturated heterocycles. The zero-order valence-corrected chi connectivity index (χ0v) is 12.5. The Kier molecular flexibility index (Phi) is 5.06. The fraction of sp³-hybridized carbons (Fsp3) is 0.200. The maximum absolute atomic E-state index is 11.9. The number of aromatic hydroxyl groups is 1. The third-order valence-electron chi connectivity index (χ3n) is 2.85. The predicted octanol–water partition coefficient (Wildman–Crippen LogP) is 2.50. The van der Waals surface area contributed by atoms with Gasteiger partial charge >= 0.3 is 5.97 Å². The lowest BCUT2D eigenvalue weighted by molar-refractivity contribution is -0.129. The molecule has 7 heteroatoms. The van der Waals surface area contributed by atoms with E-state index < -0.39 is 18.0 Å². The number of hydrogen-bond acceptors (Lipinski definition) is 5. The minimum atomic E-state index is -1.03. The Morgan fingerprint density at radius 1 is 1.41 bits per heavy atom. The second kappa shape index (κ2) is 7.00. The zero-order valence-electron chi connectivity index (χ0n) is 11.7. The molecule has 0 bridgehead atoms. The smallest absolute Gasteiger partial charge is 0.342 e. The maximum atomic E-state index is 11.9. The molecule has 0 unspecified atom stereocenters. The highest BCUT2D eigenvalue weighted by Gasteiger charge is 2.21. The highest BCUT2D eigenvalue weighted by Crippen LogP contribution is 2.22. The average Bonchev–Trinajstić information content (AvgIpc) is 3.00. The molecule has 1 atom stereocenters. The van der Waals surface area contributed by atoms with Crippen LogP contribution in [0.5, 0.6) is 5.75 Å². The topological polar surface area (TPSA) is 88.8 Å². The van der Waals surface area contributed by atoms with Gasteiger partial charge in [0.2, 0.25) is 0 Å². The Bertz CT molecular complexity index is 669. The van der Waals surface area contributed by atoms with E-state index in [-0.39, 0.29) is 22.9 Å². The number of ether oxygens (including phenoxy) is 1. The summed E-state index contributed by atoms with van der Waals surface area (Å²) < 4.78 is 10.1. The fourth-order valence-corrected chi connectivity index (χ4v) is 1.85. The van der Waals surface area contributed by atoms with Crippen molar-refractivity contribution in [2.75, 3.05) is 0 Å². The lowest BCUT2D eigenvalue weighted by Gasteiger charge is -2.13. The van der Waals surface area contributed by atoms with Gasteiger partial charge in [-0.3, -0.25) is 4.79 Å². The zero-order chi connectivity index (χ0) is 16.1. The van der Waals surface area contributed by atoms with Gasteiger partial charge in [0.25, 0.3) is 5.91 Å². The molecule has 0 aliphatic carbocycles. The molecule has 0 spiro atoms. The van der Waals surface area contributed by atoms with E-state index in [9.17, 15) is 14.7 Å². The molecule has 1 heterocycles. The number of phenolic OH excluding ortho intramolecular Hbond substituents is 1. The van der Waals surface area contributed by atoms with Crippen molar-refractivity contribution in [2.45, 2.75) is 19.6 Å². The molecular weight excluding hydrogens is 310 g/mol. The van der Waals surface area contributed by atoms with Crippen LogP contribution in [0, 0.1) is 0 Å². The summed E-state index contributed by atoms with van der Waals surface area (Å²) in [5.74, 6) is -0.996. The molecule has 116 valence electrons. The summed E-state index contributed by atoms with van der Waals surface area (Å²) in [7, 11) is 0. The minimum Gasteiger partial charge on any atom is -0.507 e. The van der Waals surface area contributed by atoms with Crippen molar-refractivity contribution in [3.05, 3.63) is 52.9 Å². The number of esters is 1. The third-order valence-corrected chi connectivity index (χ3v) is 3.08. The van der Waals surface area contributed by atoms with Crippen molar-refractivity contribution in [3.63, 3.8) is 0 Å². The summed E-state index contributed by atoms with van der Waals surface area (Å²) in [5.41, 5.74) is -0.0989. The normalized spacial score (nSPS) is 11.7. The predicted molar refractivity (Wildman–Crippen MR) is 78.5 cm³/mol. The van der Waals surface area contributed by atoms with E-state index in [1.807, 2.05) is 0 Å². The first kappa shape index (κ1) is 15.9. The Morgan fingerprint density at radius 2 is 2.18 bits per heavy atom. The van der Waals surface area contributed by atoms with E-state index in [1.54, 1.807) is 12.1 Å². The molecular formula is C15H14ClNO5. The second-order valence-electron chi connectivity index (χ2n) is 4.51. The van der Waals surface area contributed by atoms with Crippen molar-refractivity contribution in [1.29, 1.82) is 0 Å². The van der Waals surface area contributed by atoms with Crippen LogP contribution in [0.4, 0.5) is 0 Å². The van der Waals surface area contributed by atoms with E-state index in [0.29, 0.717) is 5.76 Å². The summed E-state index contributed by atoms with van der Waals surface area (Å²) in [6, 6.07) is 7.40. The van der Waals surface area contributed by atoms with Gasteiger partial charge < -0.3 is 19.6 Å². The van der Waals surface area contributed by atoms with Gasteiger partial charge in [-0.25, -0.2) is 4.79 Å². The van der Waals surface area contributed by atoms with Crippen LogP contribution in [0.25, 0.3) is 0 Å². The second-order valence-corrected chi connectivity index (χ2v) is 4.94. The average molecular weight is 324 g/mol.